The van der Waals surface area contributed by atoms with E-state index in [9.17, 15) is 16.8 Å². The molecule has 0 saturated heterocycles. The van der Waals surface area contributed by atoms with Crippen molar-refractivity contribution in [3.8, 4) is 0 Å². The van der Waals surface area contributed by atoms with Gasteiger partial charge in [0.2, 0.25) is 10.0 Å². The van der Waals surface area contributed by atoms with Gasteiger partial charge in [-0.05, 0) is 18.6 Å². The number of nitrogens with two attached hydrogens (primary N) is 1. The zero-order valence-corrected chi connectivity index (χ0v) is 11.5. The van der Waals surface area contributed by atoms with Crippen molar-refractivity contribution >= 4 is 31.2 Å². The fraction of sp³-hybridized carbons (Fsp3) is 0.400. The molecule has 0 amide bonds. The minimum absolute atomic E-state index is 0.237. The minimum Gasteiger partial charge on any atom is -0.398 e. The quantitative estimate of drug-likeness (QED) is 0.788. The van der Waals surface area contributed by atoms with Gasteiger partial charge in [0.25, 0.3) is 0 Å². The number of anilines is 2. The third-order valence-electron chi connectivity index (χ3n) is 2.72. The molecule has 1 heterocycles. The Bertz CT molecular complexity index is 680. The fourth-order valence-corrected chi connectivity index (χ4v) is 5.57. The van der Waals surface area contributed by atoms with Gasteiger partial charge in [-0.1, -0.05) is 6.07 Å². The van der Waals surface area contributed by atoms with Crippen LogP contribution in [0, 0.1) is 0 Å². The summed E-state index contributed by atoms with van der Waals surface area (Å²) >= 11 is 0. The number of sulfonamides is 1. The molecule has 1 aromatic rings. The van der Waals surface area contributed by atoms with Crippen LogP contribution in [0.25, 0.3) is 0 Å². The van der Waals surface area contributed by atoms with Gasteiger partial charge in [-0.2, -0.15) is 0 Å². The maximum Gasteiger partial charge on any atom is 0.249 e. The summed E-state index contributed by atoms with van der Waals surface area (Å²) in [6, 6.07) is 4.99. The Kier molecular flexibility index (Phi) is 3.02. The number of nitrogens with zero attached hydrogens (tertiary/aromatic N) is 1. The van der Waals surface area contributed by atoms with Crippen LogP contribution < -0.4 is 10.0 Å². The molecule has 0 fully saturated rings. The van der Waals surface area contributed by atoms with Crippen LogP contribution in [0.15, 0.2) is 18.2 Å². The Hall–Kier alpha value is -1.28. The SMILES string of the molecule is CS(=O)(=O)CS(=O)(=O)N1CCc2c(N)cccc21. The van der Waals surface area contributed by atoms with Crippen LogP contribution in [-0.4, -0.2) is 34.7 Å². The largest absolute Gasteiger partial charge is 0.398 e. The minimum atomic E-state index is -3.86. The monoisotopic (exact) mass is 290 g/mol. The Balaban J connectivity index is 2.43. The highest BCUT2D eigenvalue weighted by Crippen LogP contribution is 2.34. The van der Waals surface area contributed by atoms with Crippen LogP contribution >= 0.6 is 0 Å². The molecule has 0 spiro atoms. The van der Waals surface area contributed by atoms with Crippen molar-refractivity contribution < 1.29 is 16.8 Å². The Morgan fingerprint density at radius 2 is 1.94 bits per heavy atom. The van der Waals surface area contributed by atoms with Gasteiger partial charge in [-0.15, -0.1) is 0 Å². The molecule has 1 aliphatic rings. The summed E-state index contributed by atoms with van der Waals surface area (Å²) in [4.78, 5) is 0. The van der Waals surface area contributed by atoms with Gasteiger partial charge in [0.1, 0.15) is 0 Å². The van der Waals surface area contributed by atoms with Crippen LogP contribution in [0.5, 0.6) is 0 Å². The van der Waals surface area contributed by atoms with E-state index in [1.165, 1.54) is 0 Å². The summed E-state index contributed by atoms with van der Waals surface area (Å²) in [5.74, 6) is 0. The first-order chi connectivity index (χ1) is 8.21. The van der Waals surface area contributed by atoms with Crippen molar-refractivity contribution in [2.75, 3.05) is 27.9 Å². The summed E-state index contributed by atoms with van der Waals surface area (Å²) in [5, 5.41) is -0.881. The fourth-order valence-electron chi connectivity index (χ4n) is 2.05. The smallest absolute Gasteiger partial charge is 0.249 e. The number of sulfone groups is 1. The van der Waals surface area contributed by atoms with E-state index in [1.54, 1.807) is 18.2 Å². The molecule has 100 valence electrons. The van der Waals surface area contributed by atoms with Crippen LogP contribution in [0.3, 0.4) is 0 Å². The lowest BCUT2D eigenvalue weighted by atomic mass is 10.1. The van der Waals surface area contributed by atoms with Gasteiger partial charge in [0.05, 0.1) is 5.69 Å². The van der Waals surface area contributed by atoms with Gasteiger partial charge in [0.15, 0.2) is 14.9 Å². The second-order valence-corrected chi connectivity index (χ2v) is 8.72. The van der Waals surface area contributed by atoms with E-state index < -0.39 is 24.9 Å². The maximum absolute atomic E-state index is 12.0. The molecule has 1 aromatic carbocycles. The number of rotatable bonds is 3. The van der Waals surface area contributed by atoms with Crippen molar-refractivity contribution in [3.05, 3.63) is 23.8 Å². The predicted molar refractivity (Wildman–Crippen MR) is 70.5 cm³/mol. The molecule has 0 aromatic heterocycles. The third kappa shape index (κ3) is 2.44. The van der Waals surface area contributed by atoms with E-state index in [1.807, 2.05) is 0 Å². The lowest BCUT2D eigenvalue weighted by Crippen LogP contribution is -2.33. The summed E-state index contributed by atoms with van der Waals surface area (Å²) < 4.78 is 47.5. The number of hydrogen-bond acceptors (Lipinski definition) is 5. The lowest BCUT2D eigenvalue weighted by Gasteiger charge is -2.18. The first kappa shape index (κ1) is 13.2. The van der Waals surface area contributed by atoms with Crippen LogP contribution in [-0.2, 0) is 26.3 Å². The summed E-state index contributed by atoms with van der Waals surface area (Å²) in [5.41, 5.74) is 7.54. The van der Waals surface area contributed by atoms with Crippen molar-refractivity contribution in [2.24, 2.45) is 0 Å². The molecule has 6 nitrogen and oxygen atoms in total. The summed E-state index contributed by atoms with van der Waals surface area (Å²) in [6.45, 7) is 0.237. The molecule has 0 unspecified atom stereocenters. The van der Waals surface area contributed by atoms with Crippen LogP contribution in [0.2, 0.25) is 0 Å². The van der Waals surface area contributed by atoms with Gasteiger partial charge in [-0.25, -0.2) is 16.8 Å². The molecule has 0 saturated carbocycles. The van der Waals surface area contributed by atoms with E-state index in [0.717, 1.165) is 16.1 Å². The highest BCUT2D eigenvalue weighted by molar-refractivity contribution is 8.08. The maximum atomic E-state index is 12.0. The molecule has 0 radical (unpaired) electrons. The average molecular weight is 290 g/mol. The van der Waals surface area contributed by atoms with E-state index >= 15 is 0 Å². The first-order valence-corrected chi connectivity index (χ1v) is 8.93. The van der Waals surface area contributed by atoms with Crippen LogP contribution in [0.1, 0.15) is 5.56 Å². The summed E-state index contributed by atoms with van der Waals surface area (Å²) in [6.07, 6.45) is 1.41. The first-order valence-electron chi connectivity index (χ1n) is 5.26. The summed E-state index contributed by atoms with van der Waals surface area (Å²) in [7, 11) is -7.45. The molecule has 0 aliphatic carbocycles. The standard InChI is InChI=1S/C10H14N2O4S2/c1-17(13,14)7-18(15,16)12-6-5-8-9(11)3-2-4-10(8)12/h2-4H,5-7,11H2,1H3. The predicted octanol–water partition coefficient (Wildman–Crippen LogP) is -0.0368. The molecule has 2 N–H and O–H groups in total. The highest BCUT2D eigenvalue weighted by Gasteiger charge is 2.32. The normalized spacial score (nSPS) is 15.7. The molecule has 8 heteroatoms. The molecule has 0 bridgehead atoms. The molecule has 18 heavy (non-hydrogen) atoms. The van der Waals surface area contributed by atoms with Gasteiger partial charge in [0, 0.05) is 24.1 Å². The van der Waals surface area contributed by atoms with Crippen molar-refractivity contribution in [1.29, 1.82) is 0 Å². The average Bonchev–Trinajstić information content (AvgIpc) is 2.59. The second kappa shape index (κ2) is 4.13. The van der Waals surface area contributed by atoms with E-state index in [4.69, 9.17) is 5.73 Å². The number of benzene rings is 1. The molecule has 0 atom stereocenters. The van der Waals surface area contributed by atoms with Crippen molar-refractivity contribution in [2.45, 2.75) is 6.42 Å². The van der Waals surface area contributed by atoms with E-state index in [2.05, 4.69) is 0 Å². The molecular formula is C10H14N2O4S2. The lowest BCUT2D eigenvalue weighted by molar-refractivity contribution is 0.589. The zero-order valence-electron chi connectivity index (χ0n) is 9.83. The Labute approximate surface area is 106 Å². The number of nitrogen functional groups attached to an aromatic ring is 1. The molecule has 2 rings (SSSR count). The van der Waals surface area contributed by atoms with Gasteiger partial charge < -0.3 is 5.73 Å². The third-order valence-corrected chi connectivity index (χ3v) is 6.67. The molecular weight excluding hydrogens is 276 g/mol. The van der Waals surface area contributed by atoms with Gasteiger partial charge in [-0.3, -0.25) is 4.31 Å². The zero-order chi connectivity index (χ0) is 13.6. The second-order valence-electron chi connectivity index (χ2n) is 4.32. The molecule has 1 aliphatic heterocycles. The van der Waals surface area contributed by atoms with E-state index in [0.29, 0.717) is 17.8 Å². The van der Waals surface area contributed by atoms with E-state index in [-0.39, 0.29) is 6.54 Å². The van der Waals surface area contributed by atoms with Crippen molar-refractivity contribution in [3.63, 3.8) is 0 Å². The highest BCUT2D eigenvalue weighted by atomic mass is 32.3. The topological polar surface area (TPSA) is 97.5 Å². The van der Waals surface area contributed by atoms with Crippen molar-refractivity contribution in [1.82, 2.24) is 0 Å². The Morgan fingerprint density at radius 1 is 1.28 bits per heavy atom. The van der Waals surface area contributed by atoms with Crippen LogP contribution in [0.4, 0.5) is 11.4 Å². The number of fused-ring (bicyclic) bond motifs is 1. The Morgan fingerprint density at radius 3 is 2.56 bits per heavy atom. The number of hydrogen-bond donors (Lipinski definition) is 1. The van der Waals surface area contributed by atoms with Gasteiger partial charge >= 0.3 is 0 Å².